The molecule has 1 aromatic heterocycles. The van der Waals surface area contributed by atoms with E-state index in [0.717, 1.165) is 24.2 Å². The van der Waals surface area contributed by atoms with E-state index in [1.807, 2.05) is 41.3 Å². The van der Waals surface area contributed by atoms with Gasteiger partial charge in [0.05, 0.1) is 22.8 Å². The van der Waals surface area contributed by atoms with Crippen LogP contribution in [0.5, 0.6) is 11.5 Å². The van der Waals surface area contributed by atoms with Gasteiger partial charge in [-0.15, -0.1) is 0 Å². The highest BCUT2D eigenvalue weighted by atomic mass is 35.5. The van der Waals surface area contributed by atoms with E-state index in [1.54, 1.807) is 38.4 Å². The number of hydrogen-bond donors (Lipinski definition) is 3. The Labute approximate surface area is 233 Å². The number of ether oxygens (including phenoxy) is 3. The Bertz CT molecular complexity index is 1270. The fourth-order valence-electron chi connectivity index (χ4n) is 4.50. The van der Waals surface area contributed by atoms with Gasteiger partial charge in [-0.3, -0.25) is 15.2 Å². The summed E-state index contributed by atoms with van der Waals surface area (Å²) in [6.45, 7) is 3.97. The normalized spacial score (nSPS) is 13.4. The first-order chi connectivity index (χ1) is 19.0. The van der Waals surface area contributed by atoms with Crippen molar-refractivity contribution in [2.45, 2.75) is 32.4 Å². The molecule has 1 aliphatic heterocycles. The van der Waals surface area contributed by atoms with Gasteiger partial charge in [0.25, 0.3) is 0 Å². The van der Waals surface area contributed by atoms with Gasteiger partial charge in [-0.1, -0.05) is 23.7 Å². The number of benzene rings is 2. The summed E-state index contributed by atoms with van der Waals surface area (Å²) in [7, 11) is 1.79. The van der Waals surface area contributed by atoms with Crippen molar-refractivity contribution in [1.82, 2.24) is 9.88 Å². The lowest BCUT2D eigenvalue weighted by Gasteiger charge is -2.33. The average molecular weight is 552 g/mol. The van der Waals surface area contributed by atoms with Crippen LogP contribution >= 0.6 is 11.6 Å². The average Bonchev–Trinajstić information content (AvgIpc) is 2.95. The largest absolute Gasteiger partial charge is 0.491 e. The summed E-state index contributed by atoms with van der Waals surface area (Å²) >= 11 is 6.47. The molecule has 2 aromatic carbocycles. The van der Waals surface area contributed by atoms with Crippen LogP contribution in [0.25, 0.3) is 0 Å². The van der Waals surface area contributed by atoms with E-state index in [2.05, 4.69) is 15.6 Å². The summed E-state index contributed by atoms with van der Waals surface area (Å²) < 4.78 is 17.4. The molecule has 10 heteroatoms. The molecule has 1 amide bonds. The zero-order valence-electron chi connectivity index (χ0n) is 22.2. The first-order valence-electron chi connectivity index (χ1n) is 12.9. The first kappa shape index (κ1) is 28.2. The third-order valence-electron chi connectivity index (χ3n) is 6.47. The van der Waals surface area contributed by atoms with Crippen molar-refractivity contribution in [2.75, 3.05) is 44.0 Å². The Morgan fingerprint density at radius 3 is 2.64 bits per heavy atom. The molecule has 1 fully saturated rings. The van der Waals surface area contributed by atoms with E-state index in [9.17, 15) is 4.79 Å². The van der Waals surface area contributed by atoms with Crippen LogP contribution in [0.1, 0.15) is 31.0 Å². The molecule has 3 N–H and O–H groups in total. The van der Waals surface area contributed by atoms with Crippen molar-refractivity contribution in [3.8, 4) is 11.5 Å². The van der Waals surface area contributed by atoms with E-state index in [4.69, 9.17) is 31.2 Å². The number of anilines is 2. The molecule has 0 spiro atoms. The Kier molecular flexibility index (Phi) is 9.99. The zero-order chi connectivity index (χ0) is 27.6. The molecule has 206 valence electrons. The van der Waals surface area contributed by atoms with Crippen molar-refractivity contribution < 1.29 is 19.0 Å². The van der Waals surface area contributed by atoms with Crippen molar-refractivity contribution in [3.05, 3.63) is 77.1 Å². The van der Waals surface area contributed by atoms with Crippen LogP contribution < -0.4 is 20.1 Å². The van der Waals surface area contributed by atoms with Crippen molar-refractivity contribution in [2.24, 2.45) is 0 Å². The van der Waals surface area contributed by atoms with E-state index in [1.165, 1.54) is 0 Å². The molecule has 1 saturated heterocycles. The lowest BCUT2D eigenvalue weighted by molar-refractivity contribution is -0.133. The van der Waals surface area contributed by atoms with Crippen LogP contribution in [0.2, 0.25) is 5.02 Å². The minimum absolute atomic E-state index is 0.0217. The summed E-state index contributed by atoms with van der Waals surface area (Å²) in [5.74, 6) is 1.23. The van der Waals surface area contributed by atoms with Crippen LogP contribution in [0.4, 0.5) is 11.4 Å². The number of carbonyl (C=O) groups is 1. The van der Waals surface area contributed by atoms with Gasteiger partial charge in [-0.2, -0.15) is 0 Å². The van der Waals surface area contributed by atoms with Crippen LogP contribution in [-0.2, 0) is 16.1 Å². The Balaban J connectivity index is 1.42. The number of pyridine rings is 1. The highest BCUT2D eigenvalue weighted by molar-refractivity contribution is 6.32. The molecule has 0 unspecified atom stereocenters. The predicted octanol–water partition coefficient (Wildman–Crippen LogP) is 5.20. The highest BCUT2D eigenvalue weighted by Crippen LogP contribution is 2.31. The molecule has 0 radical (unpaired) electrons. The van der Waals surface area contributed by atoms with Crippen LogP contribution in [0.3, 0.4) is 0 Å². The topological polar surface area (TPSA) is 109 Å². The Hall–Kier alpha value is -3.82. The number of nitrogens with zero attached hydrogens (tertiary/aromatic N) is 2. The summed E-state index contributed by atoms with van der Waals surface area (Å²) in [6, 6.07) is 16.6. The molecule has 0 bridgehead atoms. The lowest BCUT2D eigenvalue weighted by atomic mass is 10.1. The SMILES string of the molecule is CNc1cccc(OCCN(C(C)=O)C2CCOCC2)c1C(=N)Nc1ccc(OCc2ccccn2)c(Cl)c1. The number of aromatic nitrogens is 1. The number of rotatable bonds is 11. The maximum Gasteiger partial charge on any atom is 0.219 e. The van der Waals surface area contributed by atoms with Gasteiger partial charge < -0.3 is 29.7 Å². The molecule has 0 atom stereocenters. The molecular formula is C29H34ClN5O4. The molecule has 3 aromatic rings. The molecule has 1 aliphatic rings. The summed E-state index contributed by atoms with van der Waals surface area (Å²) in [6.07, 6.45) is 3.36. The zero-order valence-corrected chi connectivity index (χ0v) is 23.0. The second kappa shape index (κ2) is 13.8. The second-order valence-electron chi connectivity index (χ2n) is 9.09. The second-order valence-corrected chi connectivity index (χ2v) is 9.50. The predicted molar refractivity (Wildman–Crippen MR) is 153 cm³/mol. The molecule has 39 heavy (non-hydrogen) atoms. The number of halogens is 1. The summed E-state index contributed by atoms with van der Waals surface area (Å²) in [5, 5.41) is 15.5. The van der Waals surface area contributed by atoms with Gasteiger partial charge >= 0.3 is 0 Å². The number of amides is 1. The van der Waals surface area contributed by atoms with Gasteiger partial charge in [-0.05, 0) is 55.3 Å². The minimum Gasteiger partial charge on any atom is -0.491 e. The van der Waals surface area contributed by atoms with Crippen LogP contribution in [0.15, 0.2) is 60.8 Å². The first-order valence-corrected chi connectivity index (χ1v) is 13.3. The molecule has 2 heterocycles. The summed E-state index contributed by atoms with van der Waals surface area (Å²) in [5.41, 5.74) is 2.74. The maximum atomic E-state index is 12.3. The fraction of sp³-hybridized carbons (Fsp3) is 0.345. The third kappa shape index (κ3) is 7.61. The van der Waals surface area contributed by atoms with E-state index >= 15 is 0 Å². The Morgan fingerprint density at radius 1 is 1.13 bits per heavy atom. The van der Waals surface area contributed by atoms with E-state index in [0.29, 0.717) is 60.7 Å². The number of amidine groups is 1. The molecule has 4 rings (SSSR count). The van der Waals surface area contributed by atoms with Gasteiger partial charge in [0.15, 0.2) is 0 Å². The molecule has 0 saturated carbocycles. The summed E-state index contributed by atoms with van der Waals surface area (Å²) in [4.78, 5) is 18.4. The number of nitrogens with one attached hydrogen (secondary N) is 3. The van der Waals surface area contributed by atoms with Crippen LogP contribution in [-0.4, -0.2) is 61.1 Å². The highest BCUT2D eigenvalue weighted by Gasteiger charge is 2.24. The smallest absolute Gasteiger partial charge is 0.219 e. The van der Waals surface area contributed by atoms with Crippen molar-refractivity contribution >= 4 is 34.7 Å². The minimum atomic E-state index is 0.0217. The van der Waals surface area contributed by atoms with Crippen molar-refractivity contribution in [1.29, 1.82) is 5.41 Å². The maximum absolute atomic E-state index is 12.3. The molecule has 9 nitrogen and oxygen atoms in total. The van der Waals surface area contributed by atoms with Crippen molar-refractivity contribution in [3.63, 3.8) is 0 Å². The van der Waals surface area contributed by atoms with E-state index < -0.39 is 0 Å². The number of hydrogen-bond acceptors (Lipinski definition) is 7. The fourth-order valence-corrected chi connectivity index (χ4v) is 4.74. The quantitative estimate of drug-likeness (QED) is 0.222. The van der Waals surface area contributed by atoms with Gasteiger partial charge in [0.1, 0.15) is 30.5 Å². The molecule has 0 aliphatic carbocycles. The number of carbonyl (C=O) groups excluding carboxylic acids is 1. The standard InChI is InChI=1S/C29H34ClN5O4/c1-20(36)35(23-11-15-37-16-12-23)14-17-38-27-8-5-7-25(32-2)28(27)29(31)34-21-9-10-26(24(30)18-21)39-19-22-6-3-4-13-33-22/h3-10,13,18,23,32H,11-12,14-17,19H2,1-2H3,(H2,31,34). The molecular weight excluding hydrogens is 518 g/mol. The Morgan fingerprint density at radius 2 is 1.95 bits per heavy atom. The van der Waals surface area contributed by atoms with Gasteiger partial charge in [0, 0.05) is 50.8 Å². The van der Waals surface area contributed by atoms with Crippen LogP contribution in [0, 0.1) is 5.41 Å². The van der Waals surface area contributed by atoms with Gasteiger partial charge in [-0.25, -0.2) is 0 Å². The van der Waals surface area contributed by atoms with E-state index in [-0.39, 0.29) is 17.8 Å². The van der Waals surface area contributed by atoms with Gasteiger partial charge in [0.2, 0.25) is 5.91 Å². The monoisotopic (exact) mass is 551 g/mol. The third-order valence-corrected chi connectivity index (χ3v) is 6.77. The lowest BCUT2D eigenvalue weighted by Crippen LogP contribution is -2.44.